The van der Waals surface area contributed by atoms with Crippen LogP contribution in [0.4, 0.5) is 0 Å². The number of phosphoric acid groups is 2. The maximum atomic E-state index is 13.1. The van der Waals surface area contributed by atoms with E-state index in [1.807, 2.05) is 0 Å². The Morgan fingerprint density at radius 2 is 0.479 bits per heavy atom. The van der Waals surface area contributed by atoms with Gasteiger partial charge in [0.25, 0.3) is 0 Å². The van der Waals surface area contributed by atoms with Crippen molar-refractivity contribution in [3.05, 3.63) is 0 Å². The summed E-state index contributed by atoms with van der Waals surface area (Å²) in [6, 6.07) is 0. The largest absolute Gasteiger partial charge is 0.472 e. The van der Waals surface area contributed by atoms with Gasteiger partial charge in [0.1, 0.15) is 19.3 Å². The van der Waals surface area contributed by atoms with E-state index in [4.69, 9.17) is 37.0 Å². The summed E-state index contributed by atoms with van der Waals surface area (Å²) in [7, 11) is -9.91. The van der Waals surface area contributed by atoms with Crippen LogP contribution < -0.4 is 0 Å². The molecule has 0 aliphatic rings. The first-order chi connectivity index (χ1) is 46.4. The third kappa shape index (κ3) is 70.5. The summed E-state index contributed by atoms with van der Waals surface area (Å²) in [6.07, 6.45) is 56.7. The molecule has 0 aliphatic heterocycles. The smallest absolute Gasteiger partial charge is 0.462 e. The van der Waals surface area contributed by atoms with E-state index in [1.54, 1.807) is 0 Å². The highest BCUT2D eigenvalue weighted by atomic mass is 31.2. The Morgan fingerprint density at radius 1 is 0.281 bits per heavy atom. The molecule has 17 nitrogen and oxygen atoms in total. The standard InChI is InChI=1S/C77H150O17P2/c1-7-9-11-13-15-17-19-23-30-37-43-49-55-61-76(81)93-72(65-87-74(79)59-53-47-41-35-29-20-18-16-14-12-10-8-2)67-91-95(83,84)89-63-71(78)64-90-96(85,86)92-68-73(66-88-75(80)60-54-48-42-36-32-26-28-34-40-46-52-58-70(5)6)94-77(82)62-56-50-44-38-31-25-22-21-24-27-33-39-45-51-57-69(3)4/h69-73,78H,7-68H2,1-6H3,(H,83,84)(H,85,86)/t71-,72+,73+/m0/s1. The summed E-state index contributed by atoms with van der Waals surface area (Å²) < 4.78 is 68.6. The molecule has 0 aliphatic carbocycles. The van der Waals surface area contributed by atoms with Crippen LogP contribution in [0.5, 0.6) is 0 Å². The maximum Gasteiger partial charge on any atom is 0.472 e. The monoisotopic (exact) mass is 1410 g/mol. The van der Waals surface area contributed by atoms with Gasteiger partial charge in [-0.1, -0.05) is 350 Å². The predicted octanol–water partition coefficient (Wildman–Crippen LogP) is 22.7. The summed E-state index contributed by atoms with van der Waals surface area (Å²) in [5, 5.41) is 10.6. The number of rotatable bonds is 76. The van der Waals surface area contributed by atoms with Gasteiger partial charge in [0.15, 0.2) is 12.2 Å². The van der Waals surface area contributed by atoms with E-state index < -0.39 is 97.5 Å². The van der Waals surface area contributed by atoms with Gasteiger partial charge in [-0.25, -0.2) is 9.13 Å². The highest BCUT2D eigenvalue weighted by Gasteiger charge is 2.30. The maximum absolute atomic E-state index is 13.1. The fourth-order valence-corrected chi connectivity index (χ4v) is 13.4. The van der Waals surface area contributed by atoms with Gasteiger partial charge in [0.05, 0.1) is 26.4 Å². The highest BCUT2D eigenvalue weighted by molar-refractivity contribution is 7.47. The number of ether oxygens (including phenoxy) is 4. The van der Waals surface area contributed by atoms with Gasteiger partial charge in [-0.05, 0) is 37.5 Å². The lowest BCUT2D eigenvalue weighted by atomic mass is 10.0. The molecule has 5 atom stereocenters. The van der Waals surface area contributed by atoms with E-state index in [0.29, 0.717) is 25.7 Å². The molecule has 0 saturated heterocycles. The van der Waals surface area contributed by atoms with Gasteiger partial charge in [-0.2, -0.15) is 0 Å². The third-order valence-corrected chi connectivity index (χ3v) is 19.9. The Balaban J connectivity index is 5.26. The van der Waals surface area contributed by atoms with Crippen molar-refractivity contribution in [1.29, 1.82) is 0 Å². The van der Waals surface area contributed by atoms with Crippen LogP contribution in [-0.4, -0.2) is 96.7 Å². The van der Waals surface area contributed by atoms with Crippen molar-refractivity contribution in [3.8, 4) is 0 Å². The molecule has 570 valence electrons. The second-order valence-corrected chi connectivity index (χ2v) is 31.6. The number of aliphatic hydroxyl groups excluding tert-OH is 1. The molecule has 19 heteroatoms. The average molecular weight is 1410 g/mol. The van der Waals surface area contributed by atoms with Crippen LogP contribution in [0.3, 0.4) is 0 Å². The van der Waals surface area contributed by atoms with Crippen molar-refractivity contribution in [2.45, 2.75) is 419 Å². The zero-order chi connectivity index (χ0) is 70.7. The normalized spacial score (nSPS) is 14.0. The number of carbonyl (C=O) groups excluding carboxylic acids is 4. The first kappa shape index (κ1) is 94.1. The van der Waals surface area contributed by atoms with E-state index in [9.17, 15) is 43.2 Å². The van der Waals surface area contributed by atoms with Crippen molar-refractivity contribution in [2.24, 2.45) is 11.8 Å². The second-order valence-electron chi connectivity index (χ2n) is 28.7. The number of carbonyl (C=O) groups is 4. The van der Waals surface area contributed by atoms with Crippen molar-refractivity contribution < 1.29 is 80.2 Å². The summed E-state index contributed by atoms with van der Waals surface area (Å²) in [5.74, 6) is -0.545. The number of unbranched alkanes of at least 4 members (excludes halogenated alkanes) is 46. The lowest BCUT2D eigenvalue weighted by molar-refractivity contribution is -0.161. The van der Waals surface area contributed by atoms with E-state index in [-0.39, 0.29) is 25.7 Å². The molecule has 0 saturated carbocycles. The molecule has 0 aromatic rings. The molecule has 96 heavy (non-hydrogen) atoms. The Hall–Kier alpha value is -1.94. The molecule has 0 amide bonds. The van der Waals surface area contributed by atoms with Gasteiger partial charge in [0.2, 0.25) is 0 Å². The zero-order valence-electron chi connectivity index (χ0n) is 62.7. The van der Waals surface area contributed by atoms with Crippen molar-refractivity contribution >= 4 is 39.5 Å². The van der Waals surface area contributed by atoms with Crippen LogP contribution in [0.2, 0.25) is 0 Å². The number of hydrogen-bond donors (Lipinski definition) is 3. The number of esters is 4. The van der Waals surface area contributed by atoms with E-state index in [1.165, 1.54) is 218 Å². The van der Waals surface area contributed by atoms with Gasteiger partial charge < -0.3 is 33.8 Å². The minimum atomic E-state index is -4.96. The van der Waals surface area contributed by atoms with Gasteiger partial charge >= 0.3 is 39.5 Å². The van der Waals surface area contributed by atoms with Crippen LogP contribution in [0.25, 0.3) is 0 Å². The van der Waals surface area contributed by atoms with Crippen molar-refractivity contribution in [1.82, 2.24) is 0 Å². The topological polar surface area (TPSA) is 237 Å². The third-order valence-electron chi connectivity index (χ3n) is 18.0. The first-order valence-corrected chi connectivity index (χ1v) is 43.0. The highest BCUT2D eigenvalue weighted by Crippen LogP contribution is 2.45. The van der Waals surface area contributed by atoms with Gasteiger partial charge in [-0.15, -0.1) is 0 Å². The van der Waals surface area contributed by atoms with Crippen LogP contribution in [0.1, 0.15) is 401 Å². The van der Waals surface area contributed by atoms with Crippen LogP contribution in [-0.2, 0) is 65.4 Å². The number of hydrogen-bond acceptors (Lipinski definition) is 15. The van der Waals surface area contributed by atoms with E-state index >= 15 is 0 Å². The first-order valence-electron chi connectivity index (χ1n) is 40.0. The molecular formula is C77H150O17P2. The Morgan fingerprint density at radius 3 is 0.708 bits per heavy atom. The number of aliphatic hydroxyl groups is 1. The molecule has 0 radical (unpaired) electrons. The molecule has 0 bridgehead atoms. The molecule has 2 unspecified atom stereocenters. The van der Waals surface area contributed by atoms with E-state index in [0.717, 1.165) is 102 Å². The molecule has 3 N–H and O–H groups in total. The summed E-state index contributed by atoms with van der Waals surface area (Å²) in [4.78, 5) is 72.9. The summed E-state index contributed by atoms with van der Waals surface area (Å²) in [6.45, 7) is 9.64. The molecule has 0 spiro atoms. The SMILES string of the molecule is CCCCCCCCCCCCCCCC(=O)O[C@H](COC(=O)CCCCCCCCCCCCCC)COP(=O)(O)OC[C@H](O)COP(=O)(O)OC[C@@H](COC(=O)CCCCCCCCCCCCCC(C)C)OC(=O)CCCCCCCCCCCCCCCCC(C)C. The fraction of sp³-hybridized carbons (Fsp3) is 0.948. The van der Waals surface area contributed by atoms with Gasteiger partial charge in [-0.3, -0.25) is 37.3 Å². The fourth-order valence-electron chi connectivity index (χ4n) is 11.8. The lowest BCUT2D eigenvalue weighted by Gasteiger charge is -2.21. The molecule has 0 aromatic carbocycles. The lowest BCUT2D eigenvalue weighted by Crippen LogP contribution is -2.30. The minimum Gasteiger partial charge on any atom is -0.462 e. The average Bonchev–Trinajstić information content (AvgIpc) is 1.23. The summed E-state index contributed by atoms with van der Waals surface area (Å²) in [5.41, 5.74) is 0. The van der Waals surface area contributed by atoms with E-state index in [2.05, 4.69) is 41.5 Å². The van der Waals surface area contributed by atoms with Gasteiger partial charge in [0, 0.05) is 25.7 Å². The van der Waals surface area contributed by atoms with Crippen molar-refractivity contribution in [2.75, 3.05) is 39.6 Å². The molecule has 0 fully saturated rings. The van der Waals surface area contributed by atoms with Crippen LogP contribution in [0, 0.1) is 11.8 Å². The Kier molecular flexibility index (Phi) is 67.4. The van der Waals surface area contributed by atoms with Crippen LogP contribution >= 0.6 is 15.6 Å². The summed E-state index contributed by atoms with van der Waals surface area (Å²) >= 11 is 0. The minimum absolute atomic E-state index is 0.108. The molecule has 0 aromatic heterocycles. The molecule has 0 rings (SSSR count). The zero-order valence-corrected chi connectivity index (χ0v) is 64.5. The Bertz CT molecular complexity index is 1860. The molecular weight excluding hydrogens is 1260 g/mol. The second kappa shape index (κ2) is 68.8. The van der Waals surface area contributed by atoms with Crippen molar-refractivity contribution in [3.63, 3.8) is 0 Å². The number of phosphoric ester groups is 2. The van der Waals surface area contributed by atoms with Crippen LogP contribution in [0.15, 0.2) is 0 Å². The molecule has 0 heterocycles. The quantitative estimate of drug-likeness (QED) is 0.0222. The predicted molar refractivity (Wildman–Crippen MR) is 391 cm³/mol. The Labute approximate surface area is 588 Å².